The molecule has 1 fully saturated rings. The summed E-state index contributed by atoms with van der Waals surface area (Å²) in [6, 6.07) is 8.70. The predicted octanol–water partition coefficient (Wildman–Crippen LogP) is 1.23. The fourth-order valence-corrected chi connectivity index (χ4v) is 2.32. The van der Waals surface area contributed by atoms with E-state index >= 15 is 0 Å². The Morgan fingerprint density at radius 1 is 1.43 bits per heavy atom. The number of benzene rings is 1. The minimum absolute atomic E-state index is 0.0497. The summed E-state index contributed by atoms with van der Waals surface area (Å²) in [7, 11) is 0. The van der Waals surface area contributed by atoms with Crippen LogP contribution >= 0.6 is 0 Å². The minimum Gasteiger partial charge on any atom is -0.508 e. The Bertz CT molecular complexity index is 584. The van der Waals surface area contributed by atoms with Crippen LogP contribution in [0.4, 0.5) is 0 Å². The molecular weight excluding hydrogens is 294 g/mol. The van der Waals surface area contributed by atoms with Crippen molar-refractivity contribution in [1.82, 2.24) is 10.6 Å². The molecule has 1 unspecified atom stereocenters. The van der Waals surface area contributed by atoms with Gasteiger partial charge in [0.1, 0.15) is 17.4 Å². The molecule has 6 heteroatoms. The Kier molecular flexibility index (Phi) is 6.45. The Morgan fingerprint density at radius 2 is 2.22 bits per heavy atom. The smallest absolute Gasteiger partial charge is 0.263 e. The van der Waals surface area contributed by atoms with Gasteiger partial charge in [0, 0.05) is 25.9 Å². The van der Waals surface area contributed by atoms with Crippen LogP contribution in [0.5, 0.6) is 5.75 Å². The van der Waals surface area contributed by atoms with E-state index in [1.165, 1.54) is 6.20 Å². The van der Waals surface area contributed by atoms with E-state index in [1.54, 1.807) is 24.3 Å². The third-order valence-electron chi connectivity index (χ3n) is 3.62. The standard InChI is InChI=1S/C17H21N3O3/c18-10-14(11-19-12-16-2-1-9-23-16)17(22)20-8-7-13-3-5-15(21)6-4-13/h3-6,11,16,19,21H,1-2,7-9,12H2,(H,20,22)/b14-11-. The van der Waals surface area contributed by atoms with Crippen LogP contribution in [0.25, 0.3) is 0 Å². The van der Waals surface area contributed by atoms with E-state index in [4.69, 9.17) is 10.00 Å². The lowest BCUT2D eigenvalue weighted by molar-refractivity contribution is -0.117. The zero-order valence-corrected chi connectivity index (χ0v) is 12.9. The Labute approximate surface area is 135 Å². The van der Waals surface area contributed by atoms with Crippen LogP contribution in [0.3, 0.4) is 0 Å². The zero-order valence-electron chi connectivity index (χ0n) is 12.9. The molecule has 1 atom stereocenters. The molecule has 23 heavy (non-hydrogen) atoms. The number of phenols is 1. The van der Waals surface area contributed by atoms with Gasteiger partial charge in [0.25, 0.3) is 5.91 Å². The Morgan fingerprint density at radius 3 is 2.87 bits per heavy atom. The number of carbonyl (C=O) groups is 1. The molecule has 1 heterocycles. The fraction of sp³-hybridized carbons (Fsp3) is 0.412. The molecule has 122 valence electrons. The molecule has 2 rings (SSSR count). The highest BCUT2D eigenvalue weighted by Gasteiger charge is 2.14. The van der Waals surface area contributed by atoms with Crippen molar-refractivity contribution in [2.45, 2.75) is 25.4 Å². The molecule has 1 aliphatic heterocycles. The van der Waals surface area contributed by atoms with Crippen molar-refractivity contribution < 1.29 is 14.6 Å². The van der Waals surface area contributed by atoms with Gasteiger partial charge in [-0.15, -0.1) is 0 Å². The van der Waals surface area contributed by atoms with Crippen molar-refractivity contribution in [2.24, 2.45) is 0 Å². The lowest BCUT2D eigenvalue weighted by atomic mass is 10.1. The normalized spacial score (nSPS) is 17.5. The number of nitriles is 1. The molecule has 1 aromatic rings. The molecule has 0 spiro atoms. The average molecular weight is 315 g/mol. The number of rotatable bonds is 7. The predicted molar refractivity (Wildman–Crippen MR) is 85.5 cm³/mol. The van der Waals surface area contributed by atoms with Gasteiger partial charge in [0.2, 0.25) is 0 Å². The number of nitrogens with zero attached hydrogens (tertiary/aromatic N) is 1. The first-order valence-electron chi connectivity index (χ1n) is 7.70. The van der Waals surface area contributed by atoms with Crippen LogP contribution in [0, 0.1) is 11.3 Å². The lowest BCUT2D eigenvalue weighted by Crippen LogP contribution is -2.29. The third kappa shape index (κ3) is 5.64. The van der Waals surface area contributed by atoms with Gasteiger partial charge in [-0.1, -0.05) is 12.1 Å². The van der Waals surface area contributed by atoms with Crippen LogP contribution in [-0.2, 0) is 16.0 Å². The van der Waals surface area contributed by atoms with E-state index in [0.717, 1.165) is 25.0 Å². The van der Waals surface area contributed by atoms with Gasteiger partial charge in [-0.25, -0.2) is 0 Å². The summed E-state index contributed by atoms with van der Waals surface area (Å²) in [4.78, 5) is 11.9. The van der Waals surface area contributed by atoms with Crippen LogP contribution in [-0.4, -0.2) is 36.8 Å². The largest absolute Gasteiger partial charge is 0.508 e. The van der Waals surface area contributed by atoms with Crippen molar-refractivity contribution in [3.05, 3.63) is 41.6 Å². The zero-order chi connectivity index (χ0) is 16.5. The molecule has 1 aliphatic rings. The number of nitrogens with one attached hydrogen (secondary N) is 2. The topological polar surface area (TPSA) is 94.4 Å². The number of ether oxygens (including phenoxy) is 1. The van der Waals surface area contributed by atoms with Gasteiger partial charge in [0.15, 0.2) is 0 Å². The molecule has 0 aliphatic carbocycles. The van der Waals surface area contributed by atoms with Gasteiger partial charge < -0.3 is 20.5 Å². The van der Waals surface area contributed by atoms with E-state index in [2.05, 4.69) is 10.6 Å². The molecule has 1 saturated heterocycles. The summed E-state index contributed by atoms with van der Waals surface area (Å²) < 4.78 is 5.46. The molecule has 3 N–H and O–H groups in total. The monoisotopic (exact) mass is 315 g/mol. The summed E-state index contributed by atoms with van der Waals surface area (Å²) >= 11 is 0. The van der Waals surface area contributed by atoms with Crippen molar-refractivity contribution in [3.8, 4) is 11.8 Å². The van der Waals surface area contributed by atoms with E-state index < -0.39 is 5.91 Å². The molecule has 0 radical (unpaired) electrons. The molecule has 1 amide bonds. The maximum Gasteiger partial charge on any atom is 0.263 e. The molecule has 1 aromatic carbocycles. The third-order valence-corrected chi connectivity index (χ3v) is 3.62. The van der Waals surface area contributed by atoms with E-state index in [0.29, 0.717) is 19.5 Å². The highest BCUT2D eigenvalue weighted by atomic mass is 16.5. The average Bonchev–Trinajstić information content (AvgIpc) is 3.06. The number of hydrogen-bond acceptors (Lipinski definition) is 5. The molecule has 6 nitrogen and oxygen atoms in total. The summed E-state index contributed by atoms with van der Waals surface area (Å²) in [6.45, 7) is 1.80. The van der Waals surface area contributed by atoms with Gasteiger partial charge in [0.05, 0.1) is 6.10 Å². The highest BCUT2D eigenvalue weighted by molar-refractivity contribution is 5.97. The van der Waals surface area contributed by atoms with E-state index in [9.17, 15) is 9.90 Å². The maximum atomic E-state index is 11.9. The van der Waals surface area contributed by atoms with Gasteiger partial charge >= 0.3 is 0 Å². The molecule has 0 aromatic heterocycles. The quantitative estimate of drug-likeness (QED) is 0.520. The lowest BCUT2D eigenvalue weighted by Gasteiger charge is -2.09. The maximum absolute atomic E-state index is 11.9. The van der Waals surface area contributed by atoms with Crippen LogP contribution in [0.2, 0.25) is 0 Å². The van der Waals surface area contributed by atoms with Crippen molar-refractivity contribution in [2.75, 3.05) is 19.7 Å². The van der Waals surface area contributed by atoms with Crippen molar-refractivity contribution >= 4 is 5.91 Å². The summed E-state index contributed by atoms with van der Waals surface area (Å²) in [6.07, 6.45) is 4.29. The van der Waals surface area contributed by atoms with Crippen LogP contribution in [0.1, 0.15) is 18.4 Å². The number of hydrogen-bond donors (Lipinski definition) is 3. The van der Waals surface area contributed by atoms with Crippen LogP contribution < -0.4 is 10.6 Å². The highest BCUT2D eigenvalue weighted by Crippen LogP contribution is 2.11. The van der Waals surface area contributed by atoms with E-state index in [-0.39, 0.29) is 17.4 Å². The minimum atomic E-state index is -0.397. The number of phenolic OH excluding ortho intramolecular Hbond substituents is 1. The Hall–Kier alpha value is -2.52. The summed E-state index contributed by atoms with van der Waals surface area (Å²) in [5, 5.41) is 24.0. The number of aromatic hydroxyl groups is 1. The first kappa shape index (κ1) is 16.8. The second-order valence-electron chi connectivity index (χ2n) is 5.39. The Balaban J connectivity index is 1.73. The summed E-state index contributed by atoms with van der Waals surface area (Å²) in [5.74, 6) is -0.184. The number of amides is 1. The van der Waals surface area contributed by atoms with Crippen LogP contribution in [0.15, 0.2) is 36.0 Å². The SMILES string of the molecule is N#C/C(=C/NCC1CCCO1)C(=O)NCCc1ccc(O)cc1. The fourth-order valence-electron chi connectivity index (χ4n) is 2.32. The molecule has 0 bridgehead atoms. The van der Waals surface area contributed by atoms with Gasteiger partial charge in [-0.05, 0) is 37.0 Å². The summed E-state index contributed by atoms with van der Waals surface area (Å²) in [5.41, 5.74) is 1.05. The molecule has 0 saturated carbocycles. The van der Waals surface area contributed by atoms with E-state index in [1.807, 2.05) is 6.07 Å². The van der Waals surface area contributed by atoms with Crippen molar-refractivity contribution in [1.29, 1.82) is 5.26 Å². The molecular formula is C17H21N3O3. The first-order valence-corrected chi connectivity index (χ1v) is 7.70. The second kappa shape index (κ2) is 8.81. The first-order chi connectivity index (χ1) is 11.2. The van der Waals surface area contributed by atoms with Gasteiger partial charge in [-0.2, -0.15) is 5.26 Å². The number of carbonyl (C=O) groups excluding carboxylic acids is 1. The van der Waals surface area contributed by atoms with Crippen molar-refractivity contribution in [3.63, 3.8) is 0 Å². The second-order valence-corrected chi connectivity index (χ2v) is 5.39. The van der Waals surface area contributed by atoms with Gasteiger partial charge in [-0.3, -0.25) is 4.79 Å².